The number of amides is 1. The maximum absolute atomic E-state index is 12.9. The minimum atomic E-state index is -3.64. The molecule has 6 nitrogen and oxygen atoms in total. The standard InChI is InChI=1S/C23H28ClN3O3S/c24-20-7-11-22(12-8-20)31(29,30)27-15-3-4-19(17-27)23(28)25-16-18-5-9-21(10-6-18)26-13-1-2-14-26/h5-12,19H,1-4,13-17H2,(H,25,28)/t19-/m0/s1. The van der Waals surface area contributed by atoms with E-state index >= 15 is 0 Å². The van der Waals surface area contributed by atoms with E-state index in [1.807, 2.05) is 12.1 Å². The first-order valence-corrected chi connectivity index (χ1v) is 12.6. The summed E-state index contributed by atoms with van der Waals surface area (Å²) in [5.74, 6) is -0.445. The average Bonchev–Trinajstić information content (AvgIpc) is 3.33. The van der Waals surface area contributed by atoms with E-state index in [2.05, 4.69) is 22.3 Å². The second-order valence-corrected chi connectivity index (χ2v) is 10.6. The Morgan fingerprint density at radius 3 is 2.32 bits per heavy atom. The number of anilines is 1. The molecule has 2 aliphatic rings. The second kappa shape index (κ2) is 9.59. The molecule has 2 heterocycles. The highest BCUT2D eigenvalue weighted by molar-refractivity contribution is 7.89. The summed E-state index contributed by atoms with van der Waals surface area (Å²) in [4.78, 5) is 15.3. The van der Waals surface area contributed by atoms with E-state index < -0.39 is 10.0 Å². The van der Waals surface area contributed by atoms with E-state index in [1.165, 1.54) is 35.0 Å². The Hall–Kier alpha value is -2.09. The molecule has 2 aromatic carbocycles. The number of halogens is 1. The maximum Gasteiger partial charge on any atom is 0.243 e. The van der Waals surface area contributed by atoms with E-state index in [9.17, 15) is 13.2 Å². The molecule has 0 aromatic heterocycles. The number of carbonyl (C=O) groups is 1. The Kier molecular flexibility index (Phi) is 6.84. The van der Waals surface area contributed by atoms with Crippen LogP contribution in [0.2, 0.25) is 5.02 Å². The summed E-state index contributed by atoms with van der Waals surface area (Å²) in [5.41, 5.74) is 2.26. The minimum Gasteiger partial charge on any atom is -0.372 e. The molecule has 2 aliphatic heterocycles. The normalized spacial score (nSPS) is 20.0. The maximum atomic E-state index is 12.9. The molecule has 2 fully saturated rings. The van der Waals surface area contributed by atoms with Crippen LogP contribution in [0.1, 0.15) is 31.2 Å². The zero-order valence-electron chi connectivity index (χ0n) is 17.5. The number of piperidine rings is 1. The van der Waals surface area contributed by atoms with E-state index in [1.54, 1.807) is 12.1 Å². The van der Waals surface area contributed by atoms with Crippen LogP contribution in [-0.2, 0) is 21.4 Å². The van der Waals surface area contributed by atoms with E-state index in [0.29, 0.717) is 31.0 Å². The third kappa shape index (κ3) is 5.22. The van der Waals surface area contributed by atoms with Crippen molar-refractivity contribution in [3.8, 4) is 0 Å². The Morgan fingerprint density at radius 1 is 0.968 bits per heavy atom. The second-order valence-electron chi connectivity index (χ2n) is 8.23. The molecule has 166 valence electrons. The van der Waals surface area contributed by atoms with Crippen molar-refractivity contribution in [3.63, 3.8) is 0 Å². The summed E-state index contributed by atoms with van der Waals surface area (Å²) in [6, 6.07) is 14.5. The SMILES string of the molecule is O=C(NCc1ccc(N2CCCC2)cc1)[C@H]1CCCN(S(=O)(=O)c2ccc(Cl)cc2)C1. The third-order valence-electron chi connectivity index (χ3n) is 6.08. The van der Waals surface area contributed by atoms with Gasteiger partial charge in [-0.3, -0.25) is 4.79 Å². The quantitative estimate of drug-likeness (QED) is 0.712. The molecule has 2 saturated heterocycles. The van der Waals surface area contributed by atoms with Crippen molar-refractivity contribution in [3.05, 3.63) is 59.1 Å². The van der Waals surface area contributed by atoms with Crippen LogP contribution in [-0.4, -0.2) is 44.8 Å². The number of sulfonamides is 1. The first kappa shape index (κ1) is 22.1. The lowest BCUT2D eigenvalue weighted by Gasteiger charge is -2.31. The van der Waals surface area contributed by atoms with E-state index in [-0.39, 0.29) is 23.3 Å². The fourth-order valence-corrected chi connectivity index (χ4v) is 5.91. The lowest BCUT2D eigenvalue weighted by Crippen LogP contribution is -2.45. The van der Waals surface area contributed by atoms with Crippen molar-refractivity contribution in [1.29, 1.82) is 0 Å². The monoisotopic (exact) mass is 461 g/mol. The van der Waals surface area contributed by atoms with Crippen molar-refractivity contribution in [1.82, 2.24) is 9.62 Å². The molecular weight excluding hydrogens is 434 g/mol. The number of carbonyl (C=O) groups excluding carboxylic acids is 1. The molecule has 0 unspecified atom stereocenters. The van der Waals surface area contributed by atoms with Gasteiger partial charge in [0.05, 0.1) is 10.8 Å². The molecule has 1 atom stereocenters. The van der Waals surface area contributed by atoms with Crippen LogP contribution in [0.15, 0.2) is 53.4 Å². The van der Waals surface area contributed by atoms with Gasteiger partial charge in [-0.15, -0.1) is 0 Å². The summed E-state index contributed by atoms with van der Waals surface area (Å²) in [5, 5.41) is 3.47. The average molecular weight is 462 g/mol. The fourth-order valence-electron chi connectivity index (χ4n) is 4.26. The molecule has 0 spiro atoms. The van der Waals surface area contributed by atoms with Gasteiger partial charge in [-0.25, -0.2) is 8.42 Å². The fraction of sp³-hybridized carbons (Fsp3) is 0.435. The number of rotatable bonds is 6. The van der Waals surface area contributed by atoms with Crippen molar-refractivity contribution in [2.75, 3.05) is 31.1 Å². The molecule has 1 N–H and O–H groups in total. The van der Waals surface area contributed by atoms with Gasteiger partial charge >= 0.3 is 0 Å². The Labute approximate surface area is 189 Å². The van der Waals surface area contributed by atoms with Gasteiger partial charge in [-0.2, -0.15) is 4.31 Å². The van der Waals surface area contributed by atoms with E-state index in [4.69, 9.17) is 11.6 Å². The van der Waals surface area contributed by atoms with Gasteiger partial charge in [-0.05, 0) is 67.6 Å². The highest BCUT2D eigenvalue weighted by atomic mass is 35.5. The summed E-state index contributed by atoms with van der Waals surface area (Å²) >= 11 is 5.88. The van der Waals surface area contributed by atoms with Crippen LogP contribution in [0, 0.1) is 5.92 Å². The Morgan fingerprint density at radius 2 is 1.65 bits per heavy atom. The lowest BCUT2D eigenvalue weighted by atomic mass is 9.98. The zero-order valence-corrected chi connectivity index (χ0v) is 19.0. The molecular formula is C23H28ClN3O3S. The molecule has 8 heteroatoms. The first-order valence-electron chi connectivity index (χ1n) is 10.8. The first-order chi connectivity index (χ1) is 14.9. The predicted octanol–water partition coefficient (Wildman–Crippen LogP) is 3.66. The van der Waals surface area contributed by atoms with Crippen LogP contribution in [0.5, 0.6) is 0 Å². The number of benzene rings is 2. The number of nitrogens with zero attached hydrogens (tertiary/aromatic N) is 2. The van der Waals surface area contributed by atoms with Crippen LogP contribution >= 0.6 is 11.6 Å². The molecule has 1 amide bonds. The van der Waals surface area contributed by atoms with Gasteiger partial charge in [0.15, 0.2) is 0 Å². The minimum absolute atomic E-state index is 0.0976. The Bertz CT molecular complexity index is 1000. The van der Waals surface area contributed by atoms with Gasteiger partial charge in [0.1, 0.15) is 0 Å². The van der Waals surface area contributed by atoms with Crippen molar-refractivity contribution < 1.29 is 13.2 Å². The summed E-state index contributed by atoms with van der Waals surface area (Å²) < 4.78 is 27.3. The number of hydrogen-bond acceptors (Lipinski definition) is 4. The van der Waals surface area contributed by atoms with Gasteiger partial charge in [0.2, 0.25) is 15.9 Å². The molecule has 0 aliphatic carbocycles. The topological polar surface area (TPSA) is 69.7 Å². The smallest absolute Gasteiger partial charge is 0.243 e. The lowest BCUT2D eigenvalue weighted by molar-refractivity contribution is -0.126. The van der Waals surface area contributed by atoms with Gasteiger partial charge in [-0.1, -0.05) is 23.7 Å². The highest BCUT2D eigenvalue weighted by Gasteiger charge is 2.33. The molecule has 31 heavy (non-hydrogen) atoms. The Balaban J connectivity index is 1.34. The highest BCUT2D eigenvalue weighted by Crippen LogP contribution is 2.25. The molecule has 0 radical (unpaired) electrons. The van der Waals surface area contributed by atoms with Crippen LogP contribution < -0.4 is 10.2 Å². The van der Waals surface area contributed by atoms with Crippen LogP contribution in [0.4, 0.5) is 5.69 Å². The molecule has 2 aromatic rings. The van der Waals surface area contributed by atoms with Crippen LogP contribution in [0.25, 0.3) is 0 Å². The summed E-state index contributed by atoms with van der Waals surface area (Å²) in [7, 11) is -3.64. The zero-order chi connectivity index (χ0) is 21.8. The third-order valence-corrected chi connectivity index (χ3v) is 8.21. The molecule has 0 saturated carbocycles. The van der Waals surface area contributed by atoms with Crippen molar-refractivity contribution >= 4 is 33.2 Å². The van der Waals surface area contributed by atoms with Crippen molar-refractivity contribution in [2.45, 2.75) is 37.1 Å². The summed E-state index contributed by atoms with van der Waals surface area (Å²) in [6.45, 7) is 3.28. The number of nitrogens with one attached hydrogen (secondary N) is 1. The number of hydrogen-bond donors (Lipinski definition) is 1. The van der Waals surface area contributed by atoms with Gasteiger partial charge < -0.3 is 10.2 Å². The largest absolute Gasteiger partial charge is 0.372 e. The molecule has 4 rings (SSSR count). The van der Waals surface area contributed by atoms with Gasteiger partial charge in [0.25, 0.3) is 0 Å². The van der Waals surface area contributed by atoms with E-state index in [0.717, 1.165) is 18.7 Å². The predicted molar refractivity (Wildman–Crippen MR) is 123 cm³/mol. The van der Waals surface area contributed by atoms with Gasteiger partial charge in [0, 0.05) is 43.4 Å². The molecule has 0 bridgehead atoms. The van der Waals surface area contributed by atoms with Crippen LogP contribution in [0.3, 0.4) is 0 Å². The van der Waals surface area contributed by atoms with Crippen molar-refractivity contribution in [2.24, 2.45) is 5.92 Å². The summed E-state index contributed by atoms with van der Waals surface area (Å²) in [6.07, 6.45) is 3.83.